The third-order valence-electron chi connectivity index (χ3n) is 2.76. The Hall–Kier alpha value is -2.16. The van der Waals surface area contributed by atoms with Gasteiger partial charge in [0.15, 0.2) is 5.78 Å². The number of aromatic nitrogens is 1. The molecule has 18 heavy (non-hydrogen) atoms. The fourth-order valence-corrected chi connectivity index (χ4v) is 1.84. The lowest BCUT2D eigenvalue weighted by Crippen LogP contribution is -2.05. The number of ketones is 1. The molecule has 0 saturated carbocycles. The van der Waals surface area contributed by atoms with E-state index in [9.17, 15) is 4.79 Å². The Labute approximate surface area is 106 Å². The lowest BCUT2D eigenvalue weighted by atomic mass is 10.0. The zero-order valence-electron chi connectivity index (χ0n) is 10.5. The molecule has 0 radical (unpaired) electrons. The summed E-state index contributed by atoms with van der Waals surface area (Å²) in [6, 6.07) is 11.1. The number of rotatable bonds is 4. The molecule has 92 valence electrons. The number of carbonyl (C=O) groups excluding carboxylic acids is 1. The van der Waals surface area contributed by atoms with E-state index in [1.165, 1.54) is 0 Å². The van der Waals surface area contributed by atoms with E-state index in [0.717, 1.165) is 17.0 Å². The van der Waals surface area contributed by atoms with Crippen LogP contribution in [-0.2, 0) is 6.42 Å². The highest BCUT2D eigenvalue weighted by molar-refractivity contribution is 5.97. The smallest absolute Gasteiger partial charge is 0.167 e. The summed E-state index contributed by atoms with van der Waals surface area (Å²) in [5.41, 5.74) is 2.44. The van der Waals surface area contributed by atoms with E-state index in [-0.39, 0.29) is 5.78 Å². The third kappa shape index (κ3) is 2.74. The Morgan fingerprint density at radius 1 is 1.28 bits per heavy atom. The number of nitrogens with zero attached hydrogens (tertiary/aromatic N) is 1. The molecule has 1 aromatic carbocycles. The topological polar surface area (TPSA) is 39.2 Å². The van der Waals surface area contributed by atoms with Crippen LogP contribution >= 0.6 is 0 Å². The largest absolute Gasteiger partial charge is 0.496 e. The number of aryl methyl sites for hydroxylation is 1. The van der Waals surface area contributed by atoms with Gasteiger partial charge in [0, 0.05) is 29.4 Å². The van der Waals surface area contributed by atoms with Crippen molar-refractivity contribution in [3.05, 3.63) is 59.4 Å². The van der Waals surface area contributed by atoms with Crippen molar-refractivity contribution in [3.63, 3.8) is 0 Å². The first-order valence-electron chi connectivity index (χ1n) is 5.78. The van der Waals surface area contributed by atoms with Crippen LogP contribution in [0.2, 0.25) is 0 Å². The van der Waals surface area contributed by atoms with Crippen molar-refractivity contribution < 1.29 is 9.53 Å². The van der Waals surface area contributed by atoms with Crippen molar-refractivity contribution in [2.75, 3.05) is 7.11 Å². The first kappa shape index (κ1) is 12.3. The van der Waals surface area contributed by atoms with E-state index in [1.54, 1.807) is 25.4 Å². The quantitative estimate of drug-likeness (QED) is 0.773. The molecule has 1 aromatic heterocycles. The highest BCUT2D eigenvalue weighted by Gasteiger charge is 2.10. The standard InChI is InChI=1S/C15H15NO2/c1-11-9-12(7-8-16-11)14(17)10-13-5-3-4-6-15(13)18-2/h3-9H,10H2,1-2H3. The maximum absolute atomic E-state index is 12.2. The number of ether oxygens (including phenoxy) is 1. The fourth-order valence-electron chi connectivity index (χ4n) is 1.84. The van der Waals surface area contributed by atoms with Crippen molar-refractivity contribution in [2.45, 2.75) is 13.3 Å². The van der Waals surface area contributed by atoms with E-state index >= 15 is 0 Å². The number of methoxy groups -OCH3 is 1. The van der Waals surface area contributed by atoms with Gasteiger partial charge in [0.1, 0.15) is 5.75 Å². The minimum atomic E-state index is 0.0741. The Morgan fingerprint density at radius 2 is 2.06 bits per heavy atom. The average Bonchev–Trinajstić information content (AvgIpc) is 2.39. The van der Waals surface area contributed by atoms with Crippen LogP contribution < -0.4 is 4.74 Å². The van der Waals surface area contributed by atoms with E-state index in [2.05, 4.69) is 4.98 Å². The summed E-state index contributed by atoms with van der Waals surface area (Å²) < 4.78 is 5.24. The van der Waals surface area contributed by atoms with Crippen molar-refractivity contribution >= 4 is 5.78 Å². The molecule has 0 spiro atoms. The lowest BCUT2D eigenvalue weighted by molar-refractivity contribution is 0.0992. The highest BCUT2D eigenvalue weighted by atomic mass is 16.5. The molecular formula is C15H15NO2. The third-order valence-corrected chi connectivity index (χ3v) is 2.76. The molecule has 3 heteroatoms. The summed E-state index contributed by atoms with van der Waals surface area (Å²) in [5, 5.41) is 0. The van der Waals surface area contributed by atoms with Crippen LogP contribution in [-0.4, -0.2) is 17.9 Å². The number of benzene rings is 1. The summed E-state index contributed by atoms with van der Waals surface area (Å²) in [6.07, 6.45) is 2.00. The normalized spacial score (nSPS) is 10.1. The fraction of sp³-hybridized carbons (Fsp3) is 0.200. The molecule has 0 saturated heterocycles. The van der Waals surface area contributed by atoms with Crippen molar-refractivity contribution in [2.24, 2.45) is 0 Å². The molecule has 0 unspecified atom stereocenters. The van der Waals surface area contributed by atoms with Crippen LogP contribution in [0.25, 0.3) is 0 Å². The summed E-state index contributed by atoms with van der Waals surface area (Å²) in [5.74, 6) is 0.821. The van der Waals surface area contributed by atoms with Crippen LogP contribution in [0.15, 0.2) is 42.6 Å². The number of hydrogen-bond donors (Lipinski definition) is 0. The molecule has 0 atom stereocenters. The summed E-state index contributed by atoms with van der Waals surface area (Å²) in [6.45, 7) is 1.87. The maximum atomic E-state index is 12.2. The molecular weight excluding hydrogens is 226 g/mol. The monoisotopic (exact) mass is 241 g/mol. The number of pyridine rings is 1. The average molecular weight is 241 g/mol. The predicted molar refractivity (Wildman–Crippen MR) is 70.0 cm³/mol. The Balaban J connectivity index is 2.21. The number of Topliss-reactive ketones (excluding diaryl/α,β-unsaturated/α-hetero) is 1. The first-order chi connectivity index (χ1) is 8.70. The van der Waals surface area contributed by atoms with Gasteiger partial charge in [0.2, 0.25) is 0 Å². The molecule has 0 aliphatic carbocycles. The zero-order chi connectivity index (χ0) is 13.0. The molecule has 2 rings (SSSR count). The molecule has 3 nitrogen and oxygen atoms in total. The van der Waals surface area contributed by atoms with Crippen molar-refractivity contribution in [1.29, 1.82) is 0 Å². The first-order valence-corrected chi connectivity index (χ1v) is 5.78. The van der Waals surface area contributed by atoms with Gasteiger partial charge < -0.3 is 4.74 Å². The molecule has 0 bridgehead atoms. The van der Waals surface area contributed by atoms with Gasteiger partial charge in [-0.05, 0) is 25.1 Å². The SMILES string of the molecule is COc1ccccc1CC(=O)c1ccnc(C)c1. The molecule has 0 aliphatic rings. The highest BCUT2D eigenvalue weighted by Crippen LogP contribution is 2.19. The van der Waals surface area contributed by atoms with Crippen molar-refractivity contribution in [3.8, 4) is 5.75 Å². The predicted octanol–water partition coefficient (Wildman–Crippen LogP) is 2.82. The maximum Gasteiger partial charge on any atom is 0.167 e. The molecule has 0 amide bonds. The second kappa shape index (κ2) is 5.45. The summed E-state index contributed by atoms with van der Waals surface area (Å²) in [7, 11) is 1.61. The Bertz CT molecular complexity index is 564. The van der Waals surface area contributed by atoms with Gasteiger partial charge in [-0.15, -0.1) is 0 Å². The van der Waals surface area contributed by atoms with Crippen LogP contribution in [0.5, 0.6) is 5.75 Å². The molecule has 2 aromatic rings. The van der Waals surface area contributed by atoms with Gasteiger partial charge in [0.25, 0.3) is 0 Å². The number of carbonyl (C=O) groups is 1. The van der Waals surface area contributed by atoms with E-state index in [1.807, 2.05) is 31.2 Å². The molecule has 1 heterocycles. The Kier molecular flexibility index (Phi) is 3.72. The van der Waals surface area contributed by atoms with E-state index < -0.39 is 0 Å². The minimum Gasteiger partial charge on any atom is -0.496 e. The lowest BCUT2D eigenvalue weighted by Gasteiger charge is -2.07. The van der Waals surface area contributed by atoms with Gasteiger partial charge in [-0.3, -0.25) is 9.78 Å². The van der Waals surface area contributed by atoms with Crippen molar-refractivity contribution in [1.82, 2.24) is 4.98 Å². The van der Waals surface area contributed by atoms with Gasteiger partial charge in [-0.1, -0.05) is 18.2 Å². The zero-order valence-corrected chi connectivity index (χ0v) is 10.5. The van der Waals surface area contributed by atoms with Crippen LogP contribution in [0.3, 0.4) is 0 Å². The van der Waals surface area contributed by atoms with E-state index in [4.69, 9.17) is 4.74 Å². The van der Waals surface area contributed by atoms with Gasteiger partial charge in [-0.25, -0.2) is 0 Å². The molecule has 0 aliphatic heterocycles. The second-order valence-corrected chi connectivity index (χ2v) is 4.10. The summed E-state index contributed by atoms with van der Waals surface area (Å²) in [4.78, 5) is 16.2. The second-order valence-electron chi connectivity index (χ2n) is 4.10. The number of para-hydroxylation sites is 1. The van der Waals surface area contributed by atoms with Crippen LogP contribution in [0, 0.1) is 6.92 Å². The summed E-state index contributed by atoms with van der Waals surface area (Å²) >= 11 is 0. The molecule has 0 fully saturated rings. The van der Waals surface area contributed by atoms with Gasteiger partial charge in [-0.2, -0.15) is 0 Å². The number of hydrogen-bond acceptors (Lipinski definition) is 3. The van der Waals surface area contributed by atoms with Crippen LogP contribution in [0.4, 0.5) is 0 Å². The van der Waals surface area contributed by atoms with E-state index in [0.29, 0.717) is 12.0 Å². The van der Waals surface area contributed by atoms with Gasteiger partial charge in [0.05, 0.1) is 7.11 Å². The van der Waals surface area contributed by atoms with Gasteiger partial charge >= 0.3 is 0 Å². The van der Waals surface area contributed by atoms with Crippen LogP contribution in [0.1, 0.15) is 21.6 Å². The Morgan fingerprint density at radius 3 is 2.78 bits per heavy atom. The molecule has 0 N–H and O–H groups in total. The minimum absolute atomic E-state index is 0.0741.